The molecule has 0 spiro atoms. The molecule has 0 aliphatic heterocycles. The molecule has 0 aliphatic rings. The number of hydrogen-bond acceptors (Lipinski definition) is 3. The molecule has 0 unspecified atom stereocenters. The molecule has 4 nitrogen and oxygen atoms in total. The number of aromatic nitrogens is 3. The Morgan fingerprint density at radius 3 is 3.00 bits per heavy atom. The molecule has 17 heavy (non-hydrogen) atoms. The van der Waals surface area contributed by atoms with Crippen LogP contribution in [0.15, 0.2) is 36.8 Å². The molecular formula is C13H18N4. The van der Waals surface area contributed by atoms with Crippen LogP contribution >= 0.6 is 0 Å². The van der Waals surface area contributed by atoms with E-state index in [1.165, 1.54) is 11.3 Å². The second kappa shape index (κ2) is 6.15. The predicted molar refractivity (Wildman–Crippen MR) is 67.5 cm³/mol. The van der Waals surface area contributed by atoms with Crippen molar-refractivity contribution in [1.29, 1.82) is 0 Å². The Balaban J connectivity index is 1.73. The zero-order valence-corrected chi connectivity index (χ0v) is 10.1. The Morgan fingerprint density at radius 1 is 1.29 bits per heavy atom. The highest BCUT2D eigenvalue weighted by Crippen LogP contribution is 1.99. The molecule has 0 bridgehead atoms. The van der Waals surface area contributed by atoms with Crippen LogP contribution in [0.5, 0.6) is 0 Å². The summed E-state index contributed by atoms with van der Waals surface area (Å²) in [5.74, 6) is 0. The van der Waals surface area contributed by atoms with Crippen LogP contribution < -0.4 is 5.32 Å². The fourth-order valence-electron chi connectivity index (χ4n) is 1.79. The second-order valence-corrected chi connectivity index (χ2v) is 3.93. The van der Waals surface area contributed by atoms with E-state index in [-0.39, 0.29) is 0 Å². The van der Waals surface area contributed by atoms with Gasteiger partial charge in [0.15, 0.2) is 0 Å². The highest BCUT2D eigenvalue weighted by Gasteiger charge is 1.99. The van der Waals surface area contributed by atoms with Crippen molar-refractivity contribution in [3.05, 3.63) is 48.0 Å². The predicted octanol–water partition coefficient (Wildman–Crippen LogP) is 1.63. The molecule has 0 saturated heterocycles. The van der Waals surface area contributed by atoms with Gasteiger partial charge in [0.2, 0.25) is 0 Å². The largest absolute Gasteiger partial charge is 0.311 e. The van der Waals surface area contributed by atoms with Crippen molar-refractivity contribution in [2.75, 3.05) is 6.54 Å². The Kier molecular flexibility index (Phi) is 4.27. The number of nitrogens with zero attached hydrogens (tertiary/aromatic N) is 3. The third-order valence-corrected chi connectivity index (χ3v) is 2.72. The van der Waals surface area contributed by atoms with Crippen LogP contribution in [0, 0.1) is 0 Å². The Labute approximate surface area is 102 Å². The van der Waals surface area contributed by atoms with E-state index in [0.717, 1.165) is 26.1 Å². The van der Waals surface area contributed by atoms with E-state index in [2.05, 4.69) is 34.5 Å². The summed E-state index contributed by atoms with van der Waals surface area (Å²) in [5, 5.41) is 7.66. The first kappa shape index (κ1) is 11.8. The summed E-state index contributed by atoms with van der Waals surface area (Å²) in [5.41, 5.74) is 2.50. The summed E-state index contributed by atoms with van der Waals surface area (Å²) in [4.78, 5) is 4.10. The van der Waals surface area contributed by atoms with E-state index >= 15 is 0 Å². The van der Waals surface area contributed by atoms with Gasteiger partial charge < -0.3 is 5.32 Å². The van der Waals surface area contributed by atoms with Gasteiger partial charge in [0.05, 0.1) is 5.69 Å². The molecule has 0 saturated carbocycles. The molecule has 0 atom stereocenters. The first-order valence-electron chi connectivity index (χ1n) is 6.00. The molecule has 0 aromatic carbocycles. The molecule has 0 fully saturated rings. The van der Waals surface area contributed by atoms with Crippen LogP contribution in [-0.2, 0) is 19.5 Å². The van der Waals surface area contributed by atoms with Gasteiger partial charge in [-0.1, -0.05) is 6.07 Å². The normalized spacial score (nSPS) is 10.6. The topological polar surface area (TPSA) is 42.7 Å². The van der Waals surface area contributed by atoms with Crippen LogP contribution in [-0.4, -0.2) is 21.3 Å². The molecule has 0 radical (unpaired) electrons. The summed E-state index contributed by atoms with van der Waals surface area (Å²) in [6.07, 6.45) is 6.57. The summed E-state index contributed by atoms with van der Waals surface area (Å²) < 4.78 is 2.01. The van der Waals surface area contributed by atoms with Crippen LogP contribution in [0.4, 0.5) is 0 Å². The lowest BCUT2D eigenvalue weighted by Crippen LogP contribution is -2.19. The van der Waals surface area contributed by atoms with Gasteiger partial charge in [-0.2, -0.15) is 5.10 Å². The van der Waals surface area contributed by atoms with Crippen LogP contribution in [0.3, 0.4) is 0 Å². The number of rotatable bonds is 6. The molecule has 2 aromatic heterocycles. The van der Waals surface area contributed by atoms with Crippen molar-refractivity contribution < 1.29 is 0 Å². The van der Waals surface area contributed by atoms with Crippen LogP contribution in [0.2, 0.25) is 0 Å². The molecular weight excluding hydrogens is 212 g/mol. The summed E-state index contributed by atoms with van der Waals surface area (Å²) in [6, 6.07) is 6.13. The highest BCUT2D eigenvalue weighted by atomic mass is 15.3. The quantitative estimate of drug-likeness (QED) is 0.767. The summed E-state index contributed by atoms with van der Waals surface area (Å²) in [7, 11) is 0. The highest BCUT2D eigenvalue weighted by molar-refractivity contribution is 5.08. The first-order chi connectivity index (χ1) is 8.40. The molecule has 4 heteroatoms. The maximum Gasteiger partial charge on any atom is 0.0521 e. The van der Waals surface area contributed by atoms with Gasteiger partial charge in [-0.15, -0.1) is 0 Å². The van der Waals surface area contributed by atoms with Crippen molar-refractivity contribution in [3.63, 3.8) is 0 Å². The van der Waals surface area contributed by atoms with Gasteiger partial charge in [-0.05, 0) is 37.6 Å². The third kappa shape index (κ3) is 3.39. The number of nitrogens with one attached hydrogen (secondary N) is 1. The Morgan fingerprint density at radius 2 is 2.24 bits per heavy atom. The second-order valence-electron chi connectivity index (χ2n) is 3.93. The maximum absolute atomic E-state index is 4.24. The molecule has 90 valence electrons. The van der Waals surface area contributed by atoms with E-state index in [1.807, 2.05) is 23.1 Å². The van der Waals surface area contributed by atoms with Gasteiger partial charge in [0.25, 0.3) is 0 Å². The van der Waals surface area contributed by atoms with Gasteiger partial charge >= 0.3 is 0 Å². The first-order valence-corrected chi connectivity index (χ1v) is 6.00. The lowest BCUT2D eigenvalue weighted by molar-refractivity contribution is 0.582. The van der Waals surface area contributed by atoms with E-state index in [9.17, 15) is 0 Å². The van der Waals surface area contributed by atoms with Crippen LogP contribution in [0.25, 0.3) is 0 Å². The average Bonchev–Trinajstić information content (AvgIpc) is 2.83. The molecule has 2 rings (SSSR count). The Bertz CT molecular complexity index is 436. The minimum atomic E-state index is 0.869. The Hall–Kier alpha value is -1.68. The van der Waals surface area contributed by atoms with E-state index < -0.39 is 0 Å². The van der Waals surface area contributed by atoms with Crippen molar-refractivity contribution in [2.45, 2.75) is 26.4 Å². The molecule has 2 heterocycles. The summed E-state index contributed by atoms with van der Waals surface area (Å²) in [6.45, 7) is 4.85. The minimum absolute atomic E-state index is 0.869. The standard InChI is InChI=1S/C13H18N4/c1-2-17-13(6-9-16-17)11-15-8-5-12-4-3-7-14-10-12/h3-4,6-7,9-10,15H,2,5,8,11H2,1H3. The van der Waals surface area contributed by atoms with Crippen LogP contribution in [0.1, 0.15) is 18.2 Å². The third-order valence-electron chi connectivity index (χ3n) is 2.72. The maximum atomic E-state index is 4.24. The number of pyridine rings is 1. The van der Waals surface area contributed by atoms with E-state index in [1.54, 1.807) is 6.20 Å². The van der Waals surface area contributed by atoms with Gasteiger partial charge in [-0.25, -0.2) is 0 Å². The fraction of sp³-hybridized carbons (Fsp3) is 0.385. The van der Waals surface area contributed by atoms with Gasteiger partial charge in [0.1, 0.15) is 0 Å². The minimum Gasteiger partial charge on any atom is -0.311 e. The summed E-state index contributed by atoms with van der Waals surface area (Å²) >= 11 is 0. The number of aryl methyl sites for hydroxylation is 1. The fourth-order valence-corrected chi connectivity index (χ4v) is 1.79. The van der Waals surface area contributed by atoms with Crippen molar-refractivity contribution in [3.8, 4) is 0 Å². The van der Waals surface area contributed by atoms with Gasteiger partial charge in [0, 0.05) is 31.7 Å². The van der Waals surface area contributed by atoms with Crippen molar-refractivity contribution in [2.24, 2.45) is 0 Å². The smallest absolute Gasteiger partial charge is 0.0521 e. The molecule has 0 aliphatic carbocycles. The lowest BCUT2D eigenvalue weighted by atomic mass is 10.2. The van der Waals surface area contributed by atoms with E-state index in [4.69, 9.17) is 0 Å². The lowest BCUT2D eigenvalue weighted by Gasteiger charge is -2.06. The van der Waals surface area contributed by atoms with Crippen molar-refractivity contribution >= 4 is 0 Å². The SMILES string of the molecule is CCn1nccc1CNCCc1cccnc1. The monoisotopic (exact) mass is 230 g/mol. The molecule has 0 amide bonds. The zero-order chi connectivity index (χ0) is 11.9. The van der Waals surface area contributed by atoms with Crippen molar-refractivity contribution in [1.82, 2.24) is 20.1 Å². The number of hydrogen-bond donors (Lipinski definition) is 1. The zero-order valence-electron chi connectivity index (χ0n) is 10.1. The average molecular weight is 230 g/mol. The van der Waals surface area contributed by atoms with E-state index in [0.29, 0.717) is 0 Å². The van der Waals surface area contributed by atoms with Gasteiger partial charge in [-0.3, -0.25) is 9.67 Å². The molecule has 2 aromatic rings. The molecule has 1 N–H and O–H groups in total.